The van der Waals surface area contributed by atoms with Crippen LogP contribution in [-0.4, -0.2) is 17.6 Å². The fraction of sp³-hybridized carbons (Fsp3) is 0.643. The molecule has 0 fully saturated rings. The van der Waals surface area contributed by atoms with E-state index >= 15 is 0 Å². The Labute approximate surface area is 108 Å². The maximum absolute atomic E-state index is 11.7. The molecule has 100 valence electrons. The number of nitrogens with zero attached hydrogens (tertiary/aromatic N) is 1. The number of carbonyl (C=O) groups excluding carboxylic acids is 1. The second-order valence-corrected chi connectivity index (χ2v) is 5.98. The Morgan fingerprint density at radius 3 is 2.89 bits per heavy atom. The van der Waals surface area contributed by atoms with Gasteiger partial charge in [-0.15, -0.1) is 0 Å². The average Bonchev–Trinajstić information content (AvgIpc) is 2.69. The molecule has 2 unspecified atom stereocenters. The highest BCUT2D eigenvalue weighted by atomic mass is 16.5. The van der Waals surface area contributed by atoms with Crippen LogP contribution in [0.5, 0.6) is 0 Å². The maximum Gasteiger partial charge on any atom is 0.328 e. The van der Waals surface area contributed by atoms with Crippen LogP contribution in [-0.2, 0) is 16.0 Å². The first-order valence-corrected chi connectivity index (χ1v) is 6.39. The summed E-state index contributed by atoms with van der Waals surface area (Å²) in [6, 6.07) is 1.81. The van der Waals surface area contributed by atoms with Gasteiger partial charge in [0.2, 0.25) is 0 Å². The number of rotatable bonds is 2. The van der Waals surface area contributed by atoms with E-state index < -0.39 is 0 Å². The van der Waals surface area contributed by atoms with Crippen LogP contribution < -0.4 is 5.73 Å². The van der Waals surface area contributed by atoms with E-state index in [1.54, 1.807) is 0 Å². The molecule has 1 aliphatic carbocycles. The number of hydrogen-bond donors (Lipinski definition) is 1. The van der Waals surface area contributed by atoms with E-state index in [0.717, 1.165) is 12.8 Å². The molecule has 1 aromatic rings. The number of esters is 1. The Hall–Kier alpha value is -1.29. The minimum Gasteiger partial charge on any atom is -0.467 e. The number of fused-ring (bicyclic) bond motifs is 1. The van der Waals surface area contributed by atoms with Gasteiger partial charge < -0.3 is 15.0 Å². The first kappa shape index (κ1) is 13.1. The molecule has 0 saturated carbocycles. The standard InChI is InChI=1S/C14H22N2O2/c1-9(13(17)18-4)16-6-5-10-11(15)7-14(2,3)8-12(10)16/h5-6,9,11H,7-8,15H2,1-4H3. The van der Waals surface area contributed by atoms with Crippen LogP contribution in [0.25, 0.3) is 0 Å². The number of methoxy groups -OCH3 is 1. The molecular formula is C14H22N2O2. The van der Waals surface area contributed by atoms with Crippen molar-refractivity contribution in [1.29, 1.82) is 0 Å². The summed E-state index contributed by atoms with van der Waals surface area (Å²) in [6.07, 6.45) is 3.88. The van der Waals surface area contributed by atoms with E-state index in [9.17, 15) is 4.79 Å². The Morgan fingerprint density at radius 1 is 1.61 bits per heavy atom. The molecule has 18 heavy (non-hydrogen) atoms. The molecule has 0 saturated heterocycles. The lowest BCUT2D eigenvalue weighted by molar-refractivity contribution is -0.144. The molecular weight excluding hydrogens is 228 g/mol. The monoisotopic (exact) mass is 250 g/mol. The quantitative estimate of drug-likeness (QED) is 0.819. The maximum atomic E-state index is 11.7. The zero-order valence-corrected chi connectivity index (χ0v) is 11.6. The normalized spacial score (nSPS) is 23.3. The topological polar surface area (TPSA) is 57.2 Å². The van der Waals surface area contributed by atoms with E-state index in [1.165, 1.54) is 18.4 Å². The van der Waals surface area contributed by atoms with E-state index in [4.69, 9.17) is 10.5 Å². The lowest BCUT2D eigenvalue weighted by atomic mass is 9.74. The third kappa shape index (κ3) is 2.17. The SMILES string of the molecule is COC(=O)C(C)n1ccc2c1CC(C)(C)CC2N. The van der Waals surface area contributed by atoms with Crippen LogP contribution in [0.15, 0.2) is 12.3 Å². The van der Waals surface area contributed by atoms with Crippen LogP contribution in [0.2, 0.25) is 0 Å². The van der Waals surface area contributed by atoms with Gasteiger partial charge in [-0.1, -0.05) is 13.8 Å². The number of nitrogens with two attached hydrogens (primary N) is 1. The third-order valence-corrected chi connectivity index (χ3v) is 3.84. The number of hydrogen-bond acceptors (Lipinski definition) is 3. The van der Waals surface area contributed by atoms with Gasteiger partial charge in [0.1, 0.15) is 6.04 Å². The molecule has 0 aromatic carbocycles. The van der Waals surface area contributed by atoms with Crippen molar-refractivity contribution in [3.05, 3.63) is 23.5 Å². The van der Waals surface area contributed by atoms with Gasteiger partial charge in [-0.2, -0.15) is 0 Å². The number of carbonyl (C=O) groups is 1. The highest BCUT2D eigenvalue weighted by molar-refractivity contribution is 5.73. The van der Waals surface area contributed by atoms with Crippen molar-refractivity contribution in [2.24, 2.45) is 11.1 Å². The predicted molar refractivity (Wildman–Crippen MR) is 70.2 cm³/mol. The van der Waals surface area contributed by atoms with Crippen molar-refractivity contribution in [2.45, 2.75) is 45.7 Å². The first-order chi connectivity index (χ1) is 8.35. The summed E-state index contributed by atoms with van der Waals surface area (Å²) >= 11 is 0. The summed E-state index contributed by atoms with van der Waals surface area (Å²) in [5.41, 5.74) is 8.74. The molecule has 1 aromatic heterocycles. The summed E-state index contributed by atoms with van der Waals surface area (Å²) < 4.78 is 6.82. The molecule has 1 aliphatic rings. The lowest BCUT2D eigenvalue weighted by Gasteiger charge is -2.35. The Balaban J connectivity index is 2.39. The van der Waals surface area contributed by atoms with Gasteiger partial charge in [0.25, 0.3) is 0 Å². The second-order valence-electron chi connectivity index (χ2n) is 5.98. The average molecular weight is 250 g/mol. The fourth-order valence-corrected chi connectivity index (χ4v) is 2.90. The lowest BCUT2D eigenvalue weighted by Crippen LogP contribution is -2.31. The van der Waals surface area contributed by atoms with Crippen LogP contribution in [0.4, 0.5) is 0 Å². The molecule has 4 nitrogen and oxygen atoms in total. The second kappa shape index (κ2) is 4.43. The van der Waals surface area contributed by atoms with Crippen molar-refractivity contribution >= 4 is 5.97 Å². The van der Waals surface area contributed by atoms with Crippen molar-refractivity contribution in [1.82, 2.24) is 4.57 Å². The molecule has 0 radical (unpaired) electrons. The molecule has 0 amide bonds. The van der Waals surface area contributed by atoms with E-state index in [2.05, 4.69) is 13.8 Å². The molecule has 2 N–H and O–H groups in total. The van der Waals surface area contributed by atoms with Crippen molar-refractivity contribution in [3.8, 4) is 0 Å². The van der Waals surface area contributed by atoms with Crippen LogP contribution in [0.3, 0.4) is 0 Å². The zero-order chi connectivity index (χ0) is 13.5. The summed E-state index contributed by atoms with van der Waals surface area (Å²) in [7, 11) is 1.42. The molecule has 2 atom stereocenters. The Kier molecular flexibility index (Phi) is 3.23. The summed E-state index contributed by atoms with van der Waals surface area (Å²) in [5.74, 6) is -0.217. The van der Waals surface area contributed by atoms with Gasteiger partial charge in [0, 0.05) is 17.9 Å². The fourth-order valence-electron chi connectivity index (χ4n) is 2.90. The van der Waals surface area contributed by atoms with Gasteiger partial charge in [-0.25, -0.2) is 4.79 Å². The molecule has 2 rings (SSSR count). The minimum atomic E-state index is -0.292. The van der Waals surface area contributed by atoms with Crippen LogP contribution >= 0.6 is 0 Å². The van der Waals surface area contributed by atoms with E-state index in [1.807, 2.05) is 23.8 Å². The van der Waals surface area contributed by atoms with Gasteiger partial charge in [0.15, 0.2) is 0 Å². The summed E-state index contributed by atoms with van der Waals surface area (Å²) in [4.78, 5) is 11.7. The van der Waals surface area contributed by atoms with Gasteiger partial charge in [-0.05, 0) is 36.8 Å². The molecule has 4 heteroatoms. The van der Waals surface area contributed by atoms with E-state index in [0.29, 0.717) is 0 Å². The van der Waals surface area contributed by atoms with Crippen molar-refractivity contribution < 1.29 is 9.53 Å². The highest BCUT2D eigenvalue weighted by Gasteiger charge is 2.33. The van der Waals surface area contributed by atoms with Crippen molar-refractivity contribution in [3.63, 3.8) is 0 Å². The minimum absolute atomic E-state index is 0.0647. The number of ether oxygens (including phenoxy) is 1. The van der Waals surface area contributed by atoms with E-state index in [-0.39, 0.29) is 23.5 Å². The zero-order valence-electron chi connectivity index (χ0n) is 11.6. The third-order valence-electron chi connectivity index (χ3n) is 3.84. The summed E-state index contributed by atoms with van der Waals surface area (Å²) in [5, 5.41) is 0. The Morgan fingerprint density at radius 2 is 2.28 bits per heavy atom. The van der Waals surface area contributed by atoms with Crippen LogP contribution in [0, 0.1) is 5.41 Å². The highest BCUT2D eigenvalue weighted by Crippen LogP contribution is 2.40. The molecule has 0 bridgehead atoms. The molecule has 1 heterocycles. The van der Waals surface area contributed by atoms with Gasteiger partial charge >= 0.3 is 5.97 Å². The number of aromatic nitrogens is 1. The first-order valence-electron chi connectivity index (χ1n) is 6.39. The van der Waals surface area contributed by atoms with Crippen LogP contribution in [0.1, 0.15) is 50.5 Å². The van der Waals surface area contributed by atoms with Gasteiger partial charge in [0.05, 0.1) is 7.11 Å². The molecule has 0 aliphatic heterocycles. The Bertz CT molecular complexity index is 462. The predicted octanol–water partition coefficient (Wildman–Crippen LogP) is 2.19. The van der Waals surface area contributed by atoms with Crippen molar-refractivity contribution in [2.75, 3.05) is 7.11 Å². The molecule has 0 spiro atoms. The largest absolute Gasteiger partial charge is 0.467 e. The van der Waals surface area contributed by atoms with Gasteiger partial charge in [-0.3, -0.25) is 0 Å². The smallest absolute Gasteiger partial charge is 0.328 e. The summed E-state index contributed by atoms with van der Waals surface area (Å²) in [6.45, 7) is 6.30.